The first-order valence-electron chi connectivity index (χ1n) is 5.31. The van der Waals surface area contributed by atoms with E-state index in [1.54, 1.807) is 6.92 Å². The van der Waals surface area contributed by atoms with E-state index in [0.717, 1.165) is 6.42 Å². The lowest BCUT2D eigenvalue weighted by Crippen LogP contribution is -2.13. The number of carbonyl (C=O) groups is 1. The van der Waals surface area contributed by atoms with Crippen LogP contribution in [0.5, 0.6) is 0 Å². The smallest absolute Gasteiger partial charge is 0.158 e. The van der Waals surface area contributed by atoms with Crippen LogP contribution in [0.1, 0.15) is 33.1 Å². The number of Topliss-reactive ketones (excluding diaryl/α,β-unsaturated/α-hetero) is 1. The Morgan fingerprint density at radius 3 is 2.47 bits per heavy atom. The average Bonchev–Trinajstić information content (AvgIpc) is 2.18. The predicted octanol–water partition coefficient (Wildman–Crippen LogP) is 1.20. The van der Waals surface area contributed by atoms with Crippen molar-refractivity contribution in [1.82, 2.24) is 0 Å². The molecule has 0 aromatic carbocycles. The van der Waals surface area contributed by atoms with E-state index in [2.05, 4.69) is 0 Å². The van der Waals surface area contributed by atoms with E-state index in [-0.39, 0.29) is 23.9 Å². The first-order chi connectivity index (χ1) is 7.02. The lowest BCUT2D eigenvalue weighted by molar-refractivity contribution is -0.123. The Morgan fingerprint density at radius 1 is 1.27 bits per heavy atom. The predicted molar refractivity (Wildman–Crippen MR) is 59.7 cm³/mol. The molecule has 0 radical (unpaired) electrons. The van der Waals surface area contributed by atoms with Gasteiger partial charge in [-0.2, -0.15) is 0 Å². The molecule has 0 bridgehead atoms. The van der Waals surface area contributed by atoms with Gasteiger partial charge in [0.1, 0.15) is 16.4 Å². The Kier molecular flexibility index (Phi) is 7.60. The molecule has 0 aliphatic carbocycles. The highest BCUT2D eigenvalue weighted by molar-refractivity contribution is 7.91. The number of rotatable bonds is 9. The Labute approximate surface area is 91.9 Å². The second-order valence-electron chi connectivity index (χ2n) is 3.43. The minimum Gasteiger partial charge on any atom is -0.374 e. The van der Waals surface area contributed by atoms with Crippen molar-refractivity contribution in [2.45, 2.75) is 33.1 Å². The fourth-order valence-corrected chi connectivity index (χ4v) is 1.91. The molecule has 0 unspecified atom stereocenters. The van der Waals surface area contributed by atoms with Crippen LogP contribution in [0, 0.1) is 0 Å². The van der Waals surface area contributed by atoms with Crippen LogP contribution in [-0.2, 0) is 19.4 Å². The van der Waals surface area contributed by atoms with Crippen LogP contribution in [0.2, 0.25) is 0 Å². The molecule has 4 nitrogen and oxygen atoms in total. The summed E-state index contributed by atoms with van der Waals surface area (Å²) in [6.45, 7) is 4.28. The Balaban J connectivity index is 3.55. The molecule has 0 amide bonds. The molecule has 15 heavy (non-hydrogen) atoms. The molecule has 0 aliphatic heterocycles. The van der Waals surface area contributed by atoms with Crippen molar-refractivity contribution in [3.8, 4) is 0 Å². The summed E-state index contributed by atoms with van der Waals surface area (Å²) in [5.74, 6) is 0.228. The summed E-state index contributed by atoms with van der Waals surface area (Å²) in [6, 6.07) is 0. The molecule has 0 rings (SSSR count). The summed E-state index contributed by atoms with van der Waals surface area (Å²) in [5.41, 5.74) is 0. The minimum absolute atomic E-state index is 0.0187. The summed E-state index contributed by atoms with van der Waals surface area (Å²) >= 11 is 0. The Bertz CT molecular complexity index is 269. The van der Waals surface area contributed by atoms with Crippen LogP contribution in [0.25, 0.3) is 0 Å². The normalized spacial score (nSPS) is 11.6. The van der Waals surface area contributed by atoms with Gasteiger partial charge in [0.05, 0.1) is 5.75 Å². The summed E-state index contributed by atoms with van der Waals surface area (Å²) < 4.78 is 27.3. The molecule has 0 atom stereocenters. The topological polar surface area (TPSA) is 60.4 Å². The maximum atomic E-state index is 11.2. The first kappa shape index (κ1) is 14.6. The highest BCUT2D eigenvalue weighted by Crippen LogP contribution is 1.98. The molecule has 90 valence electrons. The van der Waals surface area contributed by atoms with Gasteiger partial charge in [0.15, 0.2) is 5.78 Å². The van der Waals surface area contributed by atoms with Gasteiger partial charge >= 0.3 is 0 Å². The van der Waals surface area contributed by atoms with Crippen molar-refractivity contribution in [2.75, 3.05) is 24.7 Å². The summed E-state index contributed by atoms with van der Waals surface area (Å²) in [7, 11) is -2.93. The molecule has 0 aliphatic rings. The van der Waals surface area contributed by atoms with Crippen LogP contribution < -0.4 is 0 Å². The maximum absolute atomic E-state index is 11.2. The molecule has 0 spiro atoms. The number of hydrogen-bond donors (Lipinski definition) is 0. The summed E-state index contributed by atoms with van der Waals surface area (Å²) in [4.78, 5) is 11.2. The van der Waals surface area contributed by atoms with Gasteiger partial charge in [0.25, 0.3) is 0 Å². The number of carbonyl (C=O) groups excluding carboxylic acids is 1. The Hall–Kier alpha value is -0.420. The van der Waals surface area contributed by atoms with Crippen molar-refractivity contribution in [2.24, 2.45) is 0 Å². The number of ketones is 1. The van der Waals surface area contributed by atoms with E-state index in [9.17, 15) is 13.2 Å². The molecule has 0 fully saturated rings. The van der Waals surface area contributed by atoms with E-state index < -0.39 is 9.84 Å². The van der Waals surface area contributed by atoms with Crippen molar-refractivity contribution in [3.63, 3.8) is 0 Å². The molecular formula is C10H20O4S. The fourth-order valence-electron chi connectivity index (χ4n) is 1.04. The zero-order chi connectivity index (χ0) is 11.7. The maximum Gasteiger partial charge on any atom is 0.158 e. The van der Waals surface area contributed by atoms with Crippen LogP contribution >= 0.6 is 0 Å². The van der Waals surface area contributed by atoms with Gasteiger partial charge in [-0.3, -0.25) is 4.79 Å². The van der Waals surface area contributed by atoms with Crippen LogP contribution in [0.15, 0.2) is 0 Å². The lowest BCUT2D eigenvalue weighted by atomic mass is 10.2. The SMILES string of the molecule is CCCOCC(=O)CCCS(=O)(=O)CC. The van der Waals surface area contributed by atoms with Gasteiger partial charge in [0, 0.05) is 18.8 Å². The fraction of sp³-hybridized carbons (Fsp3) is 0.900. The average molecular weight is 236 g/mol. The van der Waals surface area contributed by atoms with Crippen LogP contribution in [0.4, 0.5) is 0 Å². The highest BCUT2D eigenvalue weighted by Gasteiger charge is 2.09. The van der Waals surface area contributed by atoms with Gasteiger partial charge < -0.3 is 4.74 Å². The molecule has 0 saturated carbocycles. The van der Waals surface area contributed by atoms with Crippen LogP contribution in [-0.4, -0.2) is 38.9 Å². The molecule has 0 aromatic heterocycles. The second-order valence-corrected chi connectivity index (χ2v) is 5.90. The van der Waals surface area contributed by atoms with E-state index in [0.29, 0.717) is 19.4 Å². The van der Waals surface area contributed by atoms with Crippen LogP contribution in [0.3, 0.4) is 0 Å². The third-order valence-electron chi connectivity index (χ3n) is 1.96. The zero-order valence-electron chi connectivity index (χ0n) is 9.49. The molecule has 5 heteroatoms. The Morgan fingerprint density at radius 2 is 1.93 bits per heavy atom. The molecule has 0 N–H and O–H groups in total. The van der Waals surface area contributed by atoms with Crippen molar-refractivity contribution in [1.29, 1.82) is 0 Å². The standard InChI is InChI=1S/C10H20O4S/c1-3-7-14-9-10(11)6-5-8-15(12,13)4-2/h3-9H2,1-2H3. The zero-order valence-corrected chi connectivity index (χ0v) is 10.3. The van der Waals surface area contributed by atoms with Gasteiger partial charge in [-0.15, -0.1) is 0 Å². The number of sulfone groups is 1. The monoisotopic (exact) mass is 236 g/mol. The van der Waals surface area contributed by atoms with Crippen molar-refractivity contribution >= 4 is 15.6 Å². The van der Waals surface area contributed by atoms with Gasteiger partial charge in [-0.1, -0.05) is 13.8 Å². The summed E-state index contributed by atoms with van der Waals surface area (Å²) in [5, 5.41) is 0. The first-order valence-corrected chi connectivity index (χ1v) is 7.13. The minimum atomic E-state index is -2.93. The molecule has 0 saturated heterocycles. The van der Waals surface area contributed by atoms with Gasteiger partial charge in [-0.25, -0.2) is 8.42 Å². The highest BCUT2D eigenvalue weighted by atomic mass is 32.2. The van der Waals surface area contributed by atoms with Crippen molar-refractivity contribution in [3.05, 3.63) is 0 Å². The third kappa shape index (κ3) is 8.57. The molecule has 0 heterocycles. The number of hydrogen-bond acceptors (Lipinski definition) is 4. The quantitative estimate of drug-likeness (QED) is 0.564. The van der Waals surface area contributed by atoms with Crippen molar-refractivity contribution < 1.29 is 17.9 Å². The van der Waals surface area contributed by atoms with E-state index >= 15 is 0 Å². The van der Waals surface area contributed by atoms with Gasteiger partial charge in [-0.05, 0) is 12.8 Å². The second kappa shape index (κ2) is 7.82. The lowest BCUT2D eigenvalue weighted by Gasteiger charge is -2.02. The van der Waals surface area contributed by atoms with Gasteiger partial charge in [0.2, 0.25) is 0 Å². The molecule has 0 aromatic rings. The van der Waals surface area contributed by atoms with E-state index in [1.807, 2.05) is 6.92 Å². The van der Waals surface area contributed by atoms with E-state index in [4.69, 9.17) is 4.74 Å². The summed E-state index contributed by atoms with van der Waals surface area (Å²) in [6.07, 6.45) is 1.59. The molecular weight excluding hydrogens is 216 g/mol. The van der Waals surface area contributed by atoms with E-state index in [1.165, 1.54) is 0 Å². The third-order valence-corrected chi connectivity index (χ3v) is 3.75. The number of ether oxygens (including phenoxy) is 1. The largest absolute Gasteiger partial charge is 0.374 e.